The van der Waals surface area contributed by atoms with Crippen LogP contribution in [0.4, 0.5) is 0 Å². The SMILES string of the molecule is CC1COC(CCl)CN1C(=O)CC(C)(C)C. The van der Waals surface area contributed by atoms with Gasteiger partial charge in [-0.15, -0.1) is 11.6 Å². The molecule has 0 saturated carbocycles. The Kier molecular flexibility index (Phi) is 4.62. The van der Waals surface area contributed by atoms with Crippen LogP contribution >= 0.6 is 11.6 Å². The highest BCUT2D eigenvalue weighted by Crippen LogP contribution is 2.22. The molecule has 16 heavy (non-hydrogen) atoms. The third-order valence-electron chi connectivity index (χ3n) is 2.68. The first-order valence-corrected chi connectivity index (χ1v) is 6.34. The topological polar surface area (TPSA) is 29.5 Å². The Balaban J connectivity index is 2.59. The van der Waals surface area contributed by atoms with Crippen LogP contribution in [-0.2, 0) is 9.53 Å². The monoisotopic (exact) mass is 247 g/mol. The van der Waals surface area contributed by atoms with Gasteiger partial charge in [0.2, 0.25) is 5.91 Å². The molecule has 1 aliphatic heterocycles. The summed E-state index contributed by atoms with van der Waals surface area (Å²) in [6, 6.07) is 0.161. The van der Waals surface area contributed by atoms with Gasteiger partial charge in [-0.3, -0.25) is 4.79 Å². The second-order valence-electron chi connectivity index (χ2n) is 5.74. The Morgan fingerprint density at radius 3 is 2.62 bits per heavy atom. The normalized spacial score (nSPS) is 26.9. The molecule has 1 heterocycles. The average molecular weight is 248 g/mol. The number of halogens is 1. The van der Waals surface area contributed by atoms with E-state index < -0.39 is 0 Å². The number of morpholine rings is 1. The van der Waals surface area contributed by atoms with Gasteiger partial charge in [-0.2, -0.15) is 0 Å². The minimum absolute atomic E-state index is 0.0122. The molecular formula is C12H22ClNO2. The van der Waals surface area contributed by atoms with Crippen molar-refractivity contribution in [3.05, 3.63) is 0 Å². The molecule has 0 aromatic rings. The van der Waals surface area contributed by atoms with Gasteiger partial charge in [0, 0.05) is 13.0 Å². The van der Waals surface area contributed by atoms with Crippen LogP contribution < -0.4 is 0 Å². The molecule has 0 N–H and O–H groups in total. The van der Waals surface area contributed by atoms with E-state index in [0.717, 1.165) is 0 Å². The molecule has 0 spiro atoms. The van der Waals surface area contributed by atoms with Crippen LogP contribution in [0, 0.1) is 5.41 Å². The molecule has 3 nitrogen and oxygen atoms in total. The average Bonchev–Trinajstić information content (AvgIpc) is 2.15. The zero-order chi connectivity index (χ0) is 12.3. The van der Waals surface area contributed by atoms with E-state index in [4.69, 9.17) is 16.3 Å². The van der Waals surface area contributed by atoms with E-state index in [1.54, 1.807) is 0 Å². The van der Waals surface area contributed by atoms with Crippen molar-refractivity contribution in [3.63, 3.8) is 0 Å². The summed E-state index contributed by atoms with van der Waals surface area (Å²) >= 11 is 5.77. The second kappa shape index (κ2) is 5.37. The molecule has 1 fully saturated rings. The number of hydrogen-bond acceptors (Lipinski definition) is 2. The summed E-state index contributed by atoms with van der Waals surface area (Å²) in [5, 5.41) is 0. The van der Waals surface area contributed by atoms with E-state index in [2.05, 4.69) is 20.8 Å². The number of carbonyl (C=O) groups excluding carboxylic acids is 1. The van der Waals surface area contributed by atoms with Crippen LogP contribution in [-0.4, -0.2) is 42.0 Å². The summed E-state index contributed by atoms with van der Waals surface area (Å²) in [4.78, 5) is 14.0. The van der Waals surface area contributed by atoms with Crippen molar-refractivity contribution in [2.45, 2.75) is 46.3 Å². The molecule has 2 atom stereocenters. The molecule has 1 saturated heterocycles. The third-order valence-corrected chi connectivity index (χ3v) is 3.02. The van der Waals surface area contributed by atoms with E-state index in [9.17, 15) is 4.79 Å². The minimum atomic E-state index is -0.0122. The summed E-state index contributed by atoms with van der Waals surface area (Å²) in [5.74, 6) is 0.657. The zero-order valence-corrected chi connectivity index (χ0v) is 11.4. The van der Waals surface area contributed by atoms with Crippen molar-refractivity contribution in [3.8, 4) is 0 Å². The van der Waals surface area contributed by atoms with Gasteiger partial charge in [-0.1, -0.05) is 20.8 Å². The first kappa shape index (κ1) is 13.8. The quantitative estimate of drug-likeness (QED) is 0.701. The number of hydrogen-bond donors (Lipinski definition) is 0. The lowest BCUT2D eigenvalue weighted by molar-refractivity contribution is -0.144. The predicted molar refractivity (Wildman–Crippen MR) is 65.7 cm³/mol. The summed E-state index contributed by atoms with van der Waals surface area (Å²) in [7, 11) is 0. The number of carbonyl (C=O) groups is 1. The lowest BCUT2D eigenvalue weighted by Gasteiger charge is -2.38. The summed E-state index contributed by atoms with van der Waals surface area (Å²) < 4.78 is 5.52. The number of nitrogens with zero attached hydrogens (tertiary/aromatic N) is 1. The largest absolute Gasteiger partial charge is 0.373 e. The molecule has 0 radical (unpaired) electrons. The number of ether oxygens (including phenoxy) is 1. The molecule has 1 rings (SSSR count). The molecule has 0 aliphatic carbocycles. The van der Waals surface area contributed by atoms with Gasteiger partial charge in [0.25, 0.3) is 0 Å². The van der Waals surface area contributed by atoms with E-state index >= 15 is 0 Å². The van der Waals surface area contributed by atoms with Gasteiger partial charge in [0.1, 0.15) is 0 Å². The van der Waals surface area contributed by atoms with Gasteiger partial charge in [-0.05, 0) is 12.3 Å². The molecule has 0 bridgehead atoms. The van der Waals surface area contributed by atoms with E-state index in [1.807, 2.05) is 11.8 Å². The molecule has 94 valence electrons. The molecule has 1 amide bonds. The van der Waals surface area contributed by atoms with E-state index in [0.29, 0.717) is 25.5 Å². The molecule has 0 aromatic carbocycles. The van der Waals surface area contributed by atoms with Crippen LogP contribution in [0.3, 0.4) is 0 Å². The Labute approximate surface area is 103 Å². The lowest BCUT2D eigenvalue weighted by Crippen LogP contribution is -2.52. The maximum atomic E-state index is 12.1. The third kappa shape index (κ3) is 3.95. The zero-order valence-electron chi connectivity index (χ0n) is 10.6. The van der Waals surface area contributed by atoms with Gasteiger partial charge >= 0.3 is 0 Å². The van der Waals surface area contributed by atoms with Crippen molar-refractivity contribution in [2.24, 2.45) is 5.41 Å². The Hall–Kier alpha value is -0.280. The van der Waals surface area contributed by atoms with Crippen molar-refractivity contribution in [2.75, 3.05) is 19.0 Å². The van der Waals surface area contributed by atoms with Gasteiger partial charge in [0.15, 0.2) is 0 Å². The minimum Gasteiger partial charge on any atom is -0.373 e. The summed E-state index contributed by atoms with van der Waals surface area (Å²) in [6.07, 6.45) is 0.564. The summed E-state index contributed by atoms with van der Waals surface area (Å²) in [6.45, 7) is 9.47. The number of rotatable bonds is 2. The standard InChI is InChI=1S/C12H22ClNO2/c1-9-8-16-10(6-13)7-14(9)11(15)5-12(2,3)4/h9-10H,5-8H2,1-4H3. The highest BCUT2D eigenvalue weighted by atomic mass is 35.5. The first-order valence-electron chi connectivity index (χ1n) is 5.80. The van der Waals surface area contributed by atoms with Gasteiger partial charge in [-0.25, -0.2) is 0 Å². The van der Waals surface area contributed by atoms with Crippen molar-refractivity contribution in [1.82, 2.24) is 4.90 Å². The van der Waals surface area contributed by atoms with Crippen molar-refractivity contribution < 1.29 is 9.53 Å². The first-order chi connectivity index (χ1) is 7.33. The lowest BCUT2D eigenvalue weighted by atomic mass is 9.91. The molecule has 0 aromatic heterocycles. The van der Waals surface area contributed by atoms with Crippen LogP contribution in [0.1, 0.15) is 34.1 Å². The van der Waals surface area contributed by atoms with Crippen LogP contribution in [0.25, 0.3) is 0 Å². The second-order valence-corrected chi connectivity index (χ2v) is 6.05. The van der Waals surface area contributed by atoms with E-state index in [1.165, 1.54) is 0 Å². The number of alkyl halides is 1. The van der Waals surface area contributed by atoms with Crippen LogP contribution in [0.15, 0.2) is 0 Å². The smallest absolute Gasteiger partial charge is 0.223 e. The highest BCUT2D eigenvalue weighted by Gasteiger charge is 2.30. The van der Waals surface area contributed by atoms with Crippen molar-refractivity contribution >= 4 is 17.5 Å². The summed E-state index contributed by atoms with van der Waals surface area (Å²) in [5.41, 5.74) is 0.0333. The van der Waals surface area contributed by atoms with Gasteiger partial charge in [0.05, 0.1) is 24.6 Å². The fourth-order valence-electron chi connectivity index (χ4n) is 1.81. The molecule has 4 heteroatoms. The maximum absolute atomic E-state index is 12.1. The molecule has 1 aliphatic rings. The maximum Gasteiger partial charge on any atom is 0.223 e. The Bertz CT molecular complexity index is 250. The predicted octanol–water partition coefficient (Wildman–Crippen LogP) is 2.28. The fourth-order valence-corrected chi connectivity index (χ4v) is 2.00. The molecule has 2 unspecified atom stereocenters. The molecular weight excluding hydrogens is 226 g/mol. The van der Waals surface area contributed by atoms with Crippen molar-refractivity contribution in [1.29, 1.82) is 0 Å². The van der Waals surface area contributed by atoms with Gasteiger partial charge < -0.3 is 9.64 Å². The Morgan fingerprint density at radius 2 is 2.12 bits per heavy atom. The fraction of sp³-hybridized carbons (Fsp3) is 0.917. The highest BCUT2D eigenvalue weighted by molar-refractivity contribution is 6.18. The van der Waals surface area contributed by atoms with Crippen LogP contribution in [0.2, 0.25) is 0 Å². The van der Waals surface area contributed by atoms with Crippen LogP contribution in [0.5, 0.6) is 0 Å². The Morgan fingerprint density at radius 1 is 1.50 bits per heavy atom. The van der Waals surface area contributed by atoms with E-state index in [-0.39, 0.29) is 23.5 Å². The number of amides is 1.